The van der Waals surface area contributed by atoms with Gasteiger partial charge in [0.25, 0.3) is 0 Å². The molecule has 32 heteroatoms. The molecular formula is C16F30S2. The van der Waals surface area contributed by atoms with Gasteiger partial charge in [-0.25, -0.2) is 17.6 Å². The number of hydrogen-bond acceptors (Lipinski definition) is 2. The molecule has 0 aromatic carbocycles. The van der Waals surface area contributed by atoms with Crippen LogP contribution in [-0.2, 0) is 0 Å². The highest BCUT2D eigenvalue weighted by Gasteiger charge is 3.09. The van der Waals surface area contributed by atoms with Gasteiger partial charge in [-0.1, -0.05) is 0 Å². The summed E-state index contributed by atoms with van der Waals surface area (Å²) in [5.74, 6) is -90.0. The molecule has 0 spiro atoms. The Morgan fingerprint density at radius 2 is 0.396 bits per heavy atom. The average Bonchev–Trinajstić information content (AvgIpc) is 2.86. The largest absolute Gasteiger partial charge is 0.457 e. The third-order valence-electron chi connectivity index (χ3n) is 6.77. The van der Waals surface area contributed by atoms with Crippen molar-refractivity contribution < 1.29 is 132 Å². The van der Waals surface area contributed by atoms with Crippen molar-refractivity contribution in [2.45, 2.75) is 92.9 Å². The Hall–Kier alpha value is -1.40. The predicted molar refractivity (Wildman–Crippen MR) is 92.1 cm³/mol. The Morgan fingerprint density at radius 1 is 0.250 bits per heavy atom. The number of hydrogen-bond donors (Lipinski definition) is 0. The van der Waals surface area contributed by atoms with Crippen molar-refractivity contribution in [3.05, 3.63) is 0 Å². The molecule has 0 aliphatic heterocycles. The monoisotopic (exact) mass is 826 g/mol. The van der Waals surface area contributed by atoms with Crippen molar-refractivity contribution in [3.8, 4) is 0 Å². The van der Waals surface area contributed by atoms with Crippen LogP contribution in [0.2, 0.25) is 0 Å². The second kappa shape index (κ2) is 9.72. The lowest BCUT2D eigenvalue weighted by molar-refractivity contribution is -0.492. The van der Waals surface area contributed by atoms with Gasteiger partial charge in [0.2, 0.25) is 0 Å². The lowest BCUT2D eigenvalue weighted by atomic mass is 9.69. The van der Waals surface area contributed by atoms with E-state index >= 15 is 0 Å². The van der Waals surface area contributed by atoms with Gasteiger partial charge in [0.1, 0.15) is 0 Å². The smallest absolute Gasteiger partial charge is 0.223 e. The third-order valence-corrected chi connectivity index (χ3v) is 9.97. The van der Waals surface area contributed by atoms with E-state index in [4.69, 9.17) is 0 Å². The minimum atomic E-state index is -9.18. The number of alkyl halides is 30. The first-order valence-corrected chi connectivity index (χ1v) is 12.4. The minimum absolute atomic E-state index is 4.08. The highest BCUT2D eigenvalue weighted by atomic mass is 33.1. The highest BCUT2D eigenvalue weighted by Crippen LogP contribution is 2.81. The first-order chi connectivity index (χ1) is 20.2. The van der Waals surface area contributed by atoms with Gasteiger partial charge in [0, 0.05) is 0 Å². The Labute approximate surface area is 247 Å². The predicted octanol–water partition coefficient (Wildman–Crippen LogP) is 10.6. The molecule has 286 valence electrons. The van der Waals surface area contributed by atoms with Crippen molar-refractivity contribution in [3.63, 3.8) is 0 Å². The molecule has 2 aliphatic carbocycles. The van der Waals surface area contributed by atoms with Crippen molar-refractivity contribution in [2.24, 2.45) is 0 Å². The van der Waals surface area contributed by atoms with E-state index in [-0.39, 0.29) is 0 Å². The summed E-state index contributed by atoms with van der Waals surface area (Å²) in [6, 6.07) is 0. The zero-order valence-electron chi connectivity index (χ0n) is 20.2. The van der Waals surface area contributed by atoms with E-state index in [9.17, 15) is 132 Å². The molecule has 0 atom stereocenters. The molecular weight excluding hydrogens is 826 g/mol. The summed E-state index contributed by atoms with van der Waals surface area (Å²) >= 11 is 0. The molecule has 0 heterocycles. The topological polar surface area (TPSA) is 0 Å². The Morgan fingerprint density at radius 3 is 0.521 bits per heavy atom. The minimum Gasteiger partial charge on any atom is -0.223 e. The van der Waals surface area contributed by atoms with Gasteiger partial charge in [0.15, 0.2) is 0 Å². The quantitative estimate of drug-likeness (QED) is 0.200. The van der Waals surface area contributed by atoms with Crippen molar-refractivity contribution >= 4 is 21.6 Å². The molecule has 0 saturated heterocycles. The van der Waals surface area contributed by atoms with Crippen LogP contribution in [-0.4, -0.2) is 92.9 Å². The van der Waals surface area contributed by atoms with Gasteiger partial charge in [-0.2, -0.15) is 114 Å². The first-order valence-electron chi connectivity index (χ1n) is 10.2. The summed E-state index contributed by atoms with van der Waals surface area (Å²) in [5.41, 5.74) is -18.4. The van der Waals surface area contributed by atoms with E-state index in [2.05, 4.69) is 0 Å². The lowest BCUT2D eigenvalue weighted by Gasteiger charge is -2.57. The molecule has 2 fully saturated rings. The third kappa shape index (κ3) is 3.79. The van der Waals surface area contributed by atoms with Crippen LogP contribution >= 0.6 is 21.6 Å². The van der Waals surface area contributed by atoms with Crippen LogP contribution < -0.4 is 0 Å². The maximum Gasteiger partial charge on any atom is 0.457 e. The molecule has 0 amide bonds. The summed E-state index contributed by atoms with van der Waals surface area (Å²) in [7, 11) is -8.15. The van der Waals surface area contributed by atoms with E-state index < -0.39 is 115 Å². The van der Waals surface area contributed by atoms with Gasteiger partial charge in [-0.3, -0.25) is 0 Å². The lowest BCUT2D eigenvalue weighted by Crippen LogP contribution is -2.89. The first kappa shape index (κ1) is 42.8. The van der Waals surface area contributed by atoms with E-state index in [0.29, 0.717) is 0 Å². The normalized spacial score (nSPS) is 38.4. The van der Waals surface area contributed by atoms with E-state index in [0.717, 1.165) is 0 Å². The SMILES string of the molecule is FC(F)(F)C(F)(F)C1(F)C(F)(F)C(F)(F)C(F)(SSC2(F)C(F)(F)C(F)(F)C(F)(C(F)(F)C(F)(F)F)C(F)(F)C2(F)F)C(F)(F)C1(F)F. The molecule has 0 radical (unpaired) electrons. The number of halogens is 30. The second-order valence-electron chi connectivity index (χ2n) is 9.41. The summed E-state index contributed by atoms with van der Waals surface area (Å²) < 4.78 is 414. The maximum absolute atomic E-state index is 14.9. The zero-order valence-corrected chi connectivity index (χ0v) is 21.8. The van der Waals surface area contributed by atoms with Crippen LogP contribution in [0.5, 0.6) is 0 Å². The fourth-order valence-electron chi connectivity index (χ4n) is 3.97. The Balaban J connectivity index is 2.98. The molecule has 2 saturated carbocycles. The van der Waals surface area contributed by atoms with Gasteiger partial charge >= 0.3 is 92.9 Å². The van der Waals surface area contributed by atoms with Gasteiger partial charge < -0.3 is 0 Å². The van der Waals surface area contributed by atoms with Crippen molar-refractivity contribution in [1.82, 2.24) is 0 Å². The molecule has 0 nitrogen and oxygen atoms in total. The van der Waals surface area contributed by atoms with Crippen LogP contribution in [0, 0.1) is 0 Å². The molecule has 0 unspecified atom stereocenters. The molecule has 0 N–H and O–H groups in total. The van der Waals surface area contributed by atoms with Crippen LogP contribution in [0.15, 0.2) is 0 Å². The molecule has 0 bridgehead atoms. The molecule has 0 aromatic heterocycles. The summed E-state index contributed by atoms with van der Waals surface area (Å²) in [5, 5.41) is -16.9. The second-order valence-corrected chi connectivity index (χ2v) is 11.9. The van der Waals surface area contributed by atoms with Crippen molar-refractivity contribution in [1.29, 1.82) is 0 Å². The molecule has 2 aliphatic rings. The molecule has 0 aromatic rings. The molecule has 48 heavy (non-hydrogen) atoms. The van der Waals surface area contributed by atoms with Crippen LogP contribution in [0.3, 0.4) is 0 Å². The Kier molecular flexibility index (Phi) is 8.66. The summed E-state index contributed by atoms with van der Waals surface area (Å²) in [6.45, 7) is 0. The number of rotatable bonds is 5. The van der Waals surface area contributed by atoms with Crippen LogP contribution in [0.1, 0.15) is 0 Å². The highest BCUT2D eigenvalue weighted by molar-refractivity contribution is 8.77. The van der Waals surface area contributed by atoms with Crippen LogP contribution in [0.4, 0.5) is 132 Å². The fraction of sp³-hybridized carbons (Fsp3) is 1.00. The maximum atomic E-state index is 14.9. The summed E-state index contributed by atoms with van der Waals surface area (Å²) in [4.78, 5) is 0. The van der Waals surface area contributed by atoms with Gasteiger partial charge in [-0.15, -0.1) is 0 Å². The van der Waals surface area contributed by atoms with Gasteiger partial charge in [-0.05, 0) is 21.6 Å². The molecule has 2 rings (SSSR count). The average molecular weight is 826 g/mol. The van der Waals surface area contributed by atoms with Gasteiger partial charge in [0.05, 0.1) is 0 Å². The van der Waals surface area contributed by atoms with Crippen LogP contribution in [0.25, 0.3) is 0 Å². The zero-order chi connectivity index (χ0) is 39.4. The standard InChI is InChI=1S/C16F30S2/c17-1(7(27,28)15(41,42)43)3(19,20)9(31,32)13(39,10(33,34)4(1,21)22)47-48-14(40)11(35,36)5(23,24)2(18,6(25,26)12(14,37)38)8(29,30)16(44,45)46. The summed E-state index contributed by atoms with van der Waals surface area (Å²) in [6.07, 6.45) is -16.8. The van der Waals surface area contributed by atoms with E-state index in [1.807, 2.05) is 0 Å². The van der Waals surface area contributed by atoms with Crippen molar-refractivity contribution in [2.75, 3.05) is 0 Å². The Bertz CT molecular complexity index is 1130. The fourth-order valence-corrected chi connectivity index (χ4v) is 7.07. The van der Waals surface area contributed by atoms with E-state index in [1.54, 1.807) is 0 Å². The van der Waals surface area contributed by atoms with E-state index in [1.165, 1.54) is 0 Å².